The summed E-state index contributed by atoms with van der Waals surface area (Å²) in [4.78, 5) is 64.0. The third-order valence-corrected chi connectivity index (χ3v) is 13.3. The molecule has 15 nitrogen and oxygen atoms in total. The first-order valence-electron chi connectivity index (χ1n) is 20.1. The van der Waals surface area contributed by atoms with Crippen molar-refractivity contribution in [2.24, 2.45) is 0 Å². The number of methoxy groups -OCH3 is 1. The Bertz CT molecular complexity index is 2480. The van der Waals surface area contributed by atoms with Crippen LogP contribution in [-0.2, 0) is 25.8 Å². The number of hydrogen-bond donors (Lipinski definition) is 4. The fourth-order valence-electron chi connectivity index (χ4n) is 7.25. The smallest absolute Gasteiger partial charge is 0.264 e. The Morgan fingerprint density at radius 3 is 2.52 bits per heavy atom. The number of benzene rings is 3. The number of fused-ring (bicyclic) bond motifs is 1. The first-order valence-corrected chi connectivity index (χ1v) is 22.1. The van der Waals surface area contributed by atoms with Gasteiger partial charge in [0.2, 0.25) is 17.8 Å². The van der Waals surface area contributed by atoms with Gasteiger partial charge in [0.15, 0.2) is 15.7 Å². The number of allylic oxidation sites excluding steroid dienone is 1. The number of aromatic nitrogens is 2. The molecule has 2 aliphatic heterocycles. The fourth-order valence-corrected chi connectivity index (χ4v) is 8.59. The van der Waals surface area contributed by atoms with E-state index in [1.165, 1.54) is 6.20 Å². The highest BCUT2D eigenvalue weighted by Crippen LogP contribution is 2.35. The van der Waals surface area contributed by atoms with Crippen molar-refractivity contribution >= 4 is 73.9 Å². The zero-order valence-corrected chi connectivity index (χ0v) is 36.5. The lowest BCUT2D eigenvalue weighted by atomic mass is 10.0. The van der Waals surface area contributed by atoms with Gasteiger partial charge in [-0.25, -0.2) is 13.4 Å². The van der Waals surface area contributed by atoms with Crippen LogP contribution in [0.5, 0.6) is 5.75 Å². The van der Waals surface area contributed by atoms with E-state index in [9.17, 15) is 27.6 Å². The second kappa shape index (κ2) is 19.1. The molecule has 61 heavy (non-hydrogen) atoms. The predicted octanol–water partition coefficient (Wildman–Crippen LogP) is 7.18. The van der Waals surface area contributed by atoms with Crippen molar-refractivity contribution < 1.29 is 32.3 Å². The molecule has 4 N–H and O–H groups in total. The lowest BCUT2D eigenvalue weighted by molar-refractivity contribution is -0.130. The maximum atomic E-state index is 13.4. The molecule has 1 unspecified atom stereocenters. The van der Waals surface area contributed by atoms with Crippen molar-refractivity contribution in [1.82, 2.24) is 25.1 Å². The number of nitrogens with zero attached hydrogens (tertiary/aromatic N) is 4. The zero-order chi connectivity index (χ0) is 44.0. The van der Waals surface area contributed by atoms with Gasteiger partial charge in [0.05, 0.1) is 46.0 Å². The normalized spacial score (nSPS) is 15.1. The number of halogens is 1. The van der Waals surface area contributed by atoms with Crippen LogP contribution in [0.4, 0.5) is 28.8 Å². The average Bonchev–Trinajstić information content (AvgIpc) is 3.48. The van der Waals surface area contributed by atoms with Gasteiger partial charge < -0.3 is 30.9 Å². The van der Waals surface area contributed by atoms with Crippen molar-refractivity contribution in [3.05, 3.63) is 100 Å². The Kier molecular flexibility index (Phi) is 14.0. The Balaban J connectivity index is 0.978. The Labute approximate surface area is 361 Å². The van der Waals surface area contributed by atoms with Crippen LogP contribution < -0.4 is 26.0 Å². The number of para-hydroxylation sites is 1. The second-order valence-corrected chi connectivity index (χ2v) is 18.2. The molecule has 1 aromatic heterocycles. The monoisotopic (exact) mass is 870 g/mol. The van der Waals surface area contributed by atoms with E-state index in [0.717, 1.165) is 28.9 Å². The molecule has 322 valence electrons. The summed E-state index contributed by atoms with van der Waals surface area (Å²) in [7, 11) is -0.240. The highest BCUT2D eigenvalue weighted by Gasteiger charge is 2.45. The number of unbranched alkanes of at least 4 members (excludes halogenated alkanes) is 2. The Morgan fingerprint density at radius 2 is 1.79 bits per heavy atom. The molecule has 0 spiro atoms. The van der Waals surface area contributed by atoms with Crippen LogP contribution in [0.1, 0.15) is 84.2 Å². The number of nitrogens with one attached hydrogen (secondary N) is 4. The number of ether oxygens (including phenoxy) is 1. The molecule has 1 fully saturated rings. The first kappa shape index (κ1) is 44.5. The highest BCUT2D eigenvalue weighted by molar-refractivity contribution is 7.92. The van der Waals surface area contributed by atoms with Crippen LogP contribution in [0.2, 0.25) is 5.02 Å². The number of piperidine rings is 1. The van der Waals surface area contributed by atoms with E-state index in [1.807, 2.05) is 19.1 Å². The van der Waals surface area contributed by atoms with Crippen LogP contribution >= 0.6 is 11.6 Å². The van der Waals surface area contributed by atoms with Crippen LogP contribution in [0.15, 0.2) is 78.0 Å². The average molecular weight is 871 g/mol. The SMILES string of the molecule is C=C1CCC(N2C(=O)c3cccc(NCCCCCC(=O)N(C)CCc4cc(OC)c(Nc5ncc(Cl)c(Nc6ccccc6S(=O)(=O)C(C)C)n5)cc4C)c3C2=O)C(=O)N1. The lowest BCUT2D eigenvalue weighted by Gasteiger charge is -2.29. The van der Waals surface area contributed by atoms with Gasteiger partial charge in [-0.15, -0.1) is 0 Å². The minimum Gasteiger partial charge on any atom is -0.495 e. The number of hydrogen-bond acceptors (Lipinski definition) is 12. The second-order valence-electron chi connectivity index (χ2n) is 15.4. The van der Waals surface area contributed by atoms with Gasteiger partial charge in [-0.05, 0) is 100 Å². The van der Waals surface area contributed by atoms with E-state index in [0.29, 0.717) is 73.7 Å². The molecule has 3 aromatic carbocycles. The maximum absolute atomic E-state index is 13.4. The molecule has 6 rings (SSSR count). The Hall–Kier alpha value is -6.00. The molecule has 17 heteroatoms. The molecule has 4 aromatic rings. The molecular formula is C44H51ClN8O7S. The summed E-state index contributed by atoms with van der Waals surface area (Å²) in [5.74, 6) is -0.351. The molecular weight excluding hydrogens is 820 g/mol. The number of rotatable bonds is 18. The lowest BCUT2D eigenvalue weighted by Crippen LogP contribution is -2.51. The van der Waals surface area contributed by atoms with Gasteiger partial charge in [-0.1, -0.05) is 42.8 Å². The van der Waals surface area contributed by atoms with E-state index < -0.39 is 38.9 Å². The van der Waals surface area contributed by atoms with Gasteiger partial charge in [0.1, 0.15) is 16.8 Å². The van der Waals surface area contributed by atoms with E-state index in [4.69, 9.17) is 16.3 Å². The number of amides is 4. The van der Waals surface area contributed by atoms with E-state index >= 15 is 0 Å². The number of carbonyl (C=O) groups is 4. The van der Waals surface area contributed by atoms with Crippen molar-refractivity contribution in [3.63, 3.8) is 0 Å². The van der Waals surface area contributed by atoms with E-state index in [-0.39, 0.29) is 38.7 Å². The number of carbonyl (C=O) groups excluding carboxylic acids is 4. The first-order chi connectivity index (χ1) is 29.1. The number of anilines is 5. The molecule has 0 bridgehead atoms. The molecule has 2 aliphatic rings. The molecule has 4 amide bonds. The van der Waals surface area contributed by atoms with E-state index in [1.54, 1.807) is 75.4 Å². The number of aryl methyl sites for hydroxylation is 1. The van der Waals surface area contributed by atoms with Crippen molar-refractivity contribution in [2.75, 3.05) is 43.2 Å². The summed E-state index contributed by atoms with van der Waals surface area (Å²) in [5.41, 5.74) is 4.59. The topological polar surface area (TPSA) is 192 Å². The minimum absolute atomic E-state index is 0.0324. The third-order valence-electron chi connectivity index (χ3n) is 10.8. The van der Waals surface area contributed by atoms with E-state index in [2.05, 4.69) is 37.8 Å². The highest BCUT2D eigenvalue weighted by atomic mass is 35.5. The van der Waals surface area contributed by atoms with Crippen LogP contribution in [-0.4, -0.2) is 90.4 Å². The summed E-state index contributed by atoms with van der Waals surface area (Å²) in [6, 6.07) is 14.6. The van der Waals surface area contributed by atoms with Gasteiger partial charge in [0, 0.05) is 37.9 Å². The van der Waals surface area contributed by atoms with Gasteiger partial charge in [0.25, 0.3) is 11.8 Å². The van der Waals surface area contributed by atoms with Crippen LogP contribution in [0.25, 0.3) is 0 Å². The molecule has 1 saturated heterocycles. The van der Waals surface area contributed by atoms with Crippen LogP contribution in [0, 0.1) is 6.92 Å². The van der Waals surface area contributed by atoms with Crippen LogP contribution in [0.3, 0.4) is 0 Å². The molecule has 0 saturated carbocycles. The predicted molar refractivity (Wildman–Crippen MR) is 236 cm³/mol. The zero-order valence-electron chi connectivity index (χ0n) is 34.9. The van der Waals surface area contributed by atoms with Crippen molar-refractivity contribution in [1.29, 1.82) is 0 Å². The van der Waals surface area contributed by atoms with Gasteiger partial charge in [-0.3, -0.25) is 24.1 Å². The fraction of sp³-hybridized carbons (Fsp3) is 0.364. The molecule has 0 aliphatic carbocycles. The summed E-state index contributed by atoms with van der Waals surface area (Å²) in [6.45, 7) is 10.0. The Morgan fingerprint density at radius 1 is 1.03 bits per heavy atom. The number of sulfone groups is 1. The van der Waals surface area contributed by atoms with Crippen molar-refractivity contribution in [3.8, 4) is 5.75 Å². The molecule has 3 heterocycles. The third kappa shape index (κ3) is 9.97. The standard InChI is InChI=1S/C44H51ClN8O7S/c1-26(2)61(58,59)37-16-10-9-14-32(37)49-40-31(45)25-47-44(51-40)50-34-23-27(3)29(24-36(34)60-6)20-22-52(5)38(54)17-8-7-11-21-46-33-15-12-13-30-39(33)43(57)53(42(30)56)35-19-18-28(4)48-41(35)55/h9-10,12-16,23-26,35,46H,4,7-8,11,17-22H2,1-3,5-6H3,(H,48,55)(H2,47,49,50,51). The van der Waals surface area contributed by atoms with Gasteiger partial charge in [-0.2, -0.15) is 4.98 Å². The number of imide groups is 1. The number of likely N-dealkylation sites (N-methyl/N-ethyl adjacent to an activating group) is 1. The largest absolute Gasteiger partial charge is 0.495 e. The van der Waals surface area contributed by atoms with Gasteiger partial charge >= 0.3 is 0 Å². The molecule has 1 atom stereocenters. The summed E-state index contributed by atoms with van der Waals surface area (Å²) < 4.78 is 31.7. The quantitative estimate of drug-likeness (QED) is 0.0583. The molecule has 0 radical (unpaired) electrons. The van der Waals surface area contributed by atoms with Crippen molar-refractivity contribution in [2.45, 2.75) is 81.9 Å². The summed E-state index contributed by atoms with van der Waals surface area (Å²) in [5, 5.41) is 11.8. The minimum atomic E-state index is -3.59. The maximum Gasteiger partial charge on any atom is 0.264 e. The summed E-state index contributed by atoms with van der Waals surface area (Å²) >= 11 is 6.44. The summed E-state index contributed by atoms with van der Waals surface area (Å²) in [6.07, 6.45) is 5.45.